The van der Waals surface area contributed by atoms with Crippen molar-refractivity contribution >= 4 is 52.3 Å². The van der Waals surface area contributed by atoms with Crippen molar-refractivity contribution in [1.82, 2.24) is 5.32 Å². The Kier molecular flexibility index (Phi) is 4.99. The Morgan fingerprint density at radius 2 is 1.75 bits per heavy atom. The van der Waals surface area contributed by atoms with Gasteiger partial charge in [-0.25, -0.2) is 0 Å². The number of benzene rings is 2. The second kappa shape index (κ2) is 7.01. The highest BCUT2D eigenvalue weighted by molar-refractivity contribution is 6.43. The summed E-state index contributed by atoms with van der Waals surface area (Å²) in [5.74, 6) is -0.628. The summed E-state index contributed by atoms with van der Waals surface area (Å²) < 4.78 is 0. The van der Waals surface area contributed by atoms with Gasteiger partial charge in [-0.3, -0.25) is 9.59 Å². The molecule has 1 unspecified atom stereocenters. The van der Waals surface area contributed by atoms with Crippen LogP contribution in [0.2, 0.25) is 15.1 Å². The third-order valence-electron chi connectivity index (χ3n) is 3.85. The molecule has 1 aliphatic heterocycles. The molecule has 4 nitrogen and oxygen atoms in total. The number of para-hydroxylation sites is 1. The first-order valence-corrected chi connectivity index (χ1v) is 8.43. The van der Waals surface area contributed by atoms with E-state index in [1.165, 1.54) is 0 Å². The van der Waals surface area contributed by atoms with Gasteiger partial charge in [0.2, 0.25) is 5.91 Å². The van der Waals surface area contributed by atoms with E-state index in [1.807, 2.05) is 6.07 Å². The molecule has 1 saturated heterocycles. The predicted octanol–water partition coefficient (Wildman–Crippen LogP) is 4.18. The van der Waals surface area contributed by atoms with Crippen LogP contribution in [0.25, 0.3) is 0 Å². The minimum absolute atomic E-state index is 0.171. The lowest BCUT2D eigenvalue weighted by molar-refractivity contribution is -0.118. The van der Waals surface area contributed by atoms with Crippen molar-refractivity contribution in [1.29, 1.82) is 0 Å². The Morgan fingerprint density at radius 3 is 2.50 bits per heavy atom. The van der Waals surface area contributed by atoms with Crippen molar-refractivity contribution in [3.63, 3.8) is 0 Å². The van der Waals surface area contributed by atoms with E-state index < -0.39 is 11.9 Å². The van der Waals surface area contributed by atoms with E-state index in [1.54, 1.807) is 41.3 Å². The van der Waals surface area contributed by atoms with Crippen LogP contribution < -0.4 is 10.2 Å². The van der Waals surface area contributed by atoms with Gasteiger partial charge in [-0.05, 0) is 30.7 Å². The zero-order valence-corrected chi connectivity index (χ0v) is 14.7. The van der Waals surface area contributed by atoms with Gasteiger partial charge in [0.05, 0.1) is 26.3 Å². The molecule has 24 heavy (non-hydrogen) atoms. The first-order valence-electron chi connectivity index (χ1n) is 7.30. The summed E-state index contributed by atoms with van der Waals surface area (Å²) in [5, 5.41) is 3.67. The summed E-state index contributed by atoms with van der Waals surface area (Å²) in [6.45, 7) is 0.483. The van der Waals surface area contributed by atoms with Gasteiger partial charge in [-0.1, -0.05) is 53.0 Å². The van der Waals surface area contributed by atoms with Crippen molar-refractivity contribution in [2.24, 2.45) is 0 Å². The minimum Gasteiger partial charge on any atom is -0.340 e. The van der Waals surface area contributed by atoms with Gasteiger partial charge in [0.25, 0.3) is 5.91 Å². The van der Waals surface area contributed by atoms with Crippen LogP contribution in [-0.2, 0) is 4.79 Å². The number of carbonyl (C=O) groups excluding carboxylic acids is 2. The minimum atomic E-state index is -0.621. The number of hydrogen-bond donors (Lipinski definition) is 1. The molecule has 0 aliphatic carbocycles. The molecule has 2 amide bonds. The van der Waals surface area contributed by atoms with Crippen LogP contribution in [0.5, 0.6) is 0 Å². The van der Waals surface area contributed by atoms with Crippen molar-refractivity contribution in [3.8, 4) is 0 Å². The Bertz CT molecular complexity index is 810. The molecule has 0 saturated carbocycles. The van der Waals surface area contributed by atoms with Crippen molar-refractivity contribution in [3.05, 3.63) is 63.1 Å². The summed E-state index contributed by atoms with van der Waals surface area (Å²) in [6.07, 6.45) is 0.494. The van der Waals surface area contributed by atoms with E-state index in [2.05, 4.69) is 5.32 Å². The summed E-state index contributed by atoms with van der Waals surface area (Å²) in [6, 6.07) is 11.3. The number of anilines is 1. The highest BCUT2D eigenvalue weighted by Crippen LogP contribution is 2.30. The van der Waals surface area contributed by atoms with Gasteiger partial charge in [-0.2, -0.15) is 0 Å². The Hall–Kier alpha value is -1.75. The van der Waals surface area contributed by atoms with E-state index >= 15 is 0 Å². The van der Waals surface area contributed by atoms with Crippen molar-refractivity contribution < 1.29 is 9.59 Å². The average molecular weight is 384 g/mol. The lowest BCUT2D eigenvalue weighted by atomic mass is 10.2. The number of carbonyl (C=O) groups is 2. The topological polar surface area (TPSA) is 49.4 Å². The standard InChI is InChI=1S/C17H13Cl3N2O2/c18-11-5-1-2-7-14(11)22-9-8-13(17(22)24)21-16(23)10-4-3-6-12(19)15(10)20/h1-7,13H,8-9H2,(H,21,23). The van der Waals surface area contributed by atoms with Crippen LogP contribution in [0.3, 0.4) is 0 Å². The lowest BCUT2D eigenvalue weighted by Gasteiger charge is -2.18. The van der Waals surface area contributed by atoms with Crippen molar-refractivity contribution in [2.75, 3.05) is 11.4 Å². The quantitative estimate of drug-likeness (QED) is 0.864. The van der Waals surface area contributed by atoms with Crippen LogP contribution >= 0.6 is 34.8 Å². The van der Waals surface area contributed by atoms with Gasteiger partial charge < -0.3 is 10.2 Å². The zero-order valence-electron chi connectivity index (χ0n) is 12.4. The fourth-order valence-electron chi connectivity index (χ4n) is 2.64. The van der Waals surface area contributed by atoms with E-state index in [9.17, 15) is 9.59 Å². The molecule has 1 heterocycles. The van der Waals surface area contributed by atoms with Crippen LogP contribution in [0.15, 0.2) is 42.5 Å². The molecule has 7 heteroatoms. The molecule has 0 aromatic heterocycles. The second-order valence-electron chi connectivity index (χ2n) is 5.36. The molecule has 1 atom stereocenters. The summed E-state index contributed by atoms with van der Waals surface area (Å²) >= 11 is 18.1. The average Bonchev–Trinajstić information content (AvgIpc) is 2.91. The monoisotopic (exact) mass is 382 g/mol. The van der Waals surface area contributed by atoms with Crippen LogP contribution in [0.1, 0.15) is 16.8 Å². The molecule has 3 rings (SSSR count). The molecular formula is C17H13Cl3N2O2. The van der Waals surface area contributed by atoms with E-state index in [0.29, 0.717) is 28.7 Å². The highest BCUT2D eigenvalue weighted by Gasteiger charge is 2.34. The molecular weight excluding hydrogens is 371 g/mol. The SMILES string of the molecule is O=C(NC1CCN(c2ccccc2Cl)C1=O)c1cccc(Cl)c1Cl. The molecule has 2 aromatic carbocycles. The maximum absolute atomic E-state index is 12.6. The Balaban J connectivity index is 1.76. The number of amides is 2. The van der Waals surface area contributed by atoms with E-state index in [0.717, 1.165) is 0 Å². The summed E-state index contributed by atoms with van der Waals surface area (Å²) in [4.78, 5) is 26.5. The van der Waals surface area contributed by atoms with Gasteiger partial charge >= 0.3 is 0 Å². The molecule has 2 aromatic rings. The highest BCUT2D eigenvalue weighted by atomic mass is 35.5. The number of nitrogens with zero attached hydrogens (tertiary/aromatic N) is 1. The predicted molar refractivity (Wildman–Crippen MR) is 96.1 cm³/mol. The smallest absolute Gasteiger partial charge is 0.253 e. The molecule has 1 fully saturated rings. The van der Waals surface area contributed by atoms with Crippen LogP contribution in [-0.4, -0.2) is 24.4 Å². The summed E-state index contributed by atoms with van der Waals surface area (Å²) in [5.41, 5.74) is 0.884. The first-order chi connectivity index (χ1) is 11.5. The second-order valence-corrected chi connectivity index (χ2v) is 6.55. The Labute approximate surface area is 154 Å². The largest absolute Gasteiger partial charge is 0.340 e. The zero-order chi connectivity index (χ0) is 17.3. The van der Waals surface area contributed by atoms with E-state index in [4.69, 9.17) is 34.8 Å². The van der Waals surface area contributed by atoms with E-state index in [-0.39, 0.29) is 16.5 Å². The van der Waals surface area contributed by atoms with Crippen molar-refractivity contribution in [2.45, 2.75) is 12.5 Å². The molecule has 124 valence electrons. The number of rotatable bonds is 3. The van der Waals surface area contributed by atoms with Gasteiger partial charge in [0.15, 0.2) is 0 Å². The number of halogens is 3. The van der Waals surface area contributed by atoms with Gasteiger partial charge in [0, 0.05) is 6.54 Å². The maximum Gasteiger partial charge on any atom is 0.253 e. The molecule has 0 spiro atoms. The fourth-order valence-corrected chi connectivity index (χ4v) is 3.26. The number of nitrogens with one attached hydrogen (secondary N) is 1. The third kappa shape index (κ3) is 3.22. The van der Waals surface area contributed by atoms with Crippen LogP contribution in [0.4, 0.5) is 5.69 Å². The fraction of sp³-hybridized carbons (Fsp3) is 0.176. The molecule has 1 aliphatic rings. The molecule has 0 radical (unpaired) electrons. The normalized spacial score (nSPS) is 17.2. The van der Waals surface area contributed by atoms with Gasteiger partial charge in [0.1, 0.15) is 6.04 Å². The number of hydrogen-bond acceptors (Lipinski definition) is 2. The molecule has 0 bridgehead atoms. The maximum atomic E-state index is 12.6. The lowest BCUT2D eigenvalue weighted by Crippen LogP contribution is -2.41. The molecule has 1 N–H and O–H groups in total. The third-order valence-corrected chi connectivity index (χ3v) is 4.99. The Morgan fingerprint density at radius 1 is 1.04 bits per heavy atom. The van der Waals surface area contributed by atoms with Crippen LogP contribution in [0, 0.1) is 0 Å². The first kappa shape index (κ1) is 17.1. The van der Waals surface area contributed by atoms with Gasteiger partial charge in [-0.15, -0.1) is 0 Å². The summed E-state index contributed by atoms with van der Waals surface area (Å²) in [7, 11) is 0.